The number of benzene rings is 2. The first-order valence-electron chi connectivity index (χ1n) is 11.5. The van der Waals surface area contributed by atoms with Crippen molar-refractivity contribution in [3.63, 3.8) is 0 Å². The van der Waals surface area contributed by atoms with Crippen LogP contribution in [0.4, 0.5) is 5.69 Å². The molecule has 0 saturated carbocycles. The highest BCUT2D eigenvalue weighted by atomic mass is 32.2. The summed E-state index contributed by atoms with van der Waals surface area (Å²) in [6.07, 6.45) is 3.36. The van der Waals surface area contributed by atoms with E-state index in [1.54, 1.807) is 18.3 Å². The minimum atomic E-state index is -3.64. The molecule has 10 heteroatoms. The average molecular weight is 497 g/mol. The van der Waals surface area contributed by atoms with Gasteiger partial charge in [-0.3, -0.25) is 9.59 Å². The van der Waals surface area contributed by atoms with E-state index in [2.05, 4.69) is 15.6 Å². The van der Waals surface area contributed by atoms with Gasteiger partial charge in [-0.15, -0.1) is 0 Å². The van der Waals surface area contributed by atoms with E-state index in [1.165, 1.54) is 23.4 Å². The van der Waals surface area contributed by atoms with Crippen LogP contribution in [-0.2, 0) is 26.0 Å². The van der Waals surface area contributed by atoms with E-state index in [9.17, 15) is 18.0 Å². The fourth-order valence-electron chi connectivity index (χ4n) is 3.99. The van der Waals surface area contributed by atoms with E-state index in [0.29, 0.717) is 49.7 Å². The number of hydrogen-bond acceptors (Lipinski definition) is 6. The first kappa shape index (κ1) is 24.6. The lowest BCUT2D eigenvalue weighted by molar-refractivity contribution is -0.122. The molecule has 4 rings (SSSR count). The fraction of sp³-hybridized carbons (Fsp3) is 0.320. The normalized spacial score (nSPS) is 15.0. The highest BCUT2D eigenvalue weighted by Crippen LogP contribution is 2.23. The van der Waals surface area contributed by atoms with Crippen molar-refractivity contribution in [2.24, 2.45) is 0 Å². The Hall–Kier alpha value is -3.50. The van der Waals surface area contributed by atoms with E-state index >= 15 is 0 Å². The van der Waals surface area contributed by atoms with Crippen LogP contribution in [0.2, 0.25) is 0 Å². The molecule has 1 fully saturated rings. The minimum Gasteiger partial charge on any atom is -0.441 e. The molecule has 184 valence electrons. The maximum Gasteiger partial charge on any atom is 0.243 e. The molecule has 0 spiro atoms. The van der Waals surface area contributed by atoms with E-state index in [1.807, 2.05) is 30.3 Å². The average Bonchev–Trinajstić information content (AvgIpc) is 3.33. The summed E-state index contributed by atoms with van der Waals surface area (Å²) in [7, 11) is -3.64. The van der Waals surface area contributed by atoms with Crippen molar-refractivity contribution in [3.8, 4) is 11.3 Å². The fourth-order valence-corrected chi connectivity index (χ4v) is 5.45. The number of anilines is 1. The maximum atomic E-state index is 12.9. The standard InChI is InChI=1S/C25H28N4O5S/c1-18(30)27-20-7-9-22(10-8-20)35(32,33)29-15-13-21(14-16-29)28-24(31)11-12-25-26-17-23(34-25)19-5-3-2-4-6-19/h2-10,17,21H,11-16H2,1H3,(H,27,30)(H,28,31). The Bertz CT molecular complexity index is 1260. The van der Waals surface area contributed by atoms with Gasteiger partial charge >= 0.3 is 0 Å². The van der Waals surface area contributed by atoms with Gasteiger partial charge in [-0.25, -0.2) is 13.4 Å². The molecule has 1 saturated heterocycles. The number of carbonyl (C=O) groups is 2. The summed E-state index contributed by atoms with van der Waals surface area (Å²) in [5.74, 6) is 0.838. The summed E-state index contributed by atoms with van der Waals surface area (Å²) in [6, 6.07) is 15.7. The van der Waals surface area contributed by atoms with Crippen molar-refractivity contribution in [1.82, 2.24) is 14.6 Å². The van der Waals surface area contributed by atoms with Crippen molar-refractivity contribution >= 4 is 27.5 Å². The number of oxazole rings is 1. The summed E-state index contributed by atoms with van der Waals surface area (Å²) in [5.41, 5.74) is 1.47. The molecular weight excluding hydrogens is 468 g/mol. The molecule has 1 aliphatic rings. The number of sulfonamides is 1. The molecule has 0 bridgehead atoms. The molecule has 2 N–H and O–H groups in total. The number of amides is 2. The molecule has 9 nitrogen and oxygen atoms in total. The van der Waals surface area contributed by atoms with Gasteiger partial charge in [-0.1, -0.05) is 30.3 Å². The van der Waals surface area contributed by atoms with E-state index in [-0.39, 0.29) is 29.2 Å². The number of carbonyl (C=O) groups excluding carboxylic acids is 2. The predicted molar refractivity (Wildman–Crippen MR) is 131 cm³/mol. The van der Waals surface area contributed by atoms with Gasteiger partial charge in [0.15, 0.2) is 11.7 Å². The second-order valence-corrected chi connectivity index (χ2v) is 10.4. The van der Waals surface area contributed by atoms with Crippen LogP contribution in [0.25, 0.3) is 11.3 Å². The molecule has 1 aliphatic heterocycles. The van der Waals surface area contributed by atoms with Crippen molar-refractivity contribution in [2.45, 2.75) is 43.5 Å². The lowest BCUT2D eigenvalue weighted by Gasteiger charge is -2.31. The lowest BCUT2D eigenvalue weighted by atomic mass is 10.1. The van der Waals surface area contributed by atoms with Crippen LogP contribution in [0.15, 0.2) is 70.1 Å². The molecular formula is C25H28N4O5S. The highest BCUT2D eigenvalue weighted by Gasteiger charge is 2.30. The largest absolute Gasteiger partial charge is 0.441 e. The van der Waals surface area contributed by atoms with E-state index in [4.69, 9.17) is 4.42 Å². The molecule has 2 heterocycles. The van der Waals surface area contributed by atoms with Gasteiger partial charge in [0.05, 0.1) is 11.1 Å². The van der Waals surface area contributed by atoms with Gasteiger partial charge in [0.2, 0.25) is 21.8 Å². The monoisotopic (exact) mass is 496 g/mol. The molecule has 0 unspecified atom stereocenters. The maximum absolute atomic E-state index is 12.9. The summed E-state index contributed by atoms with van der Waals surface area (Å²) in [6.45, 7) is 2.03. The Morgan fingerprint density at radius 2 is 1.74 bits per heavy atom. The molecule has 0 aliphatic carbocycles. The van der Waals surface area contributed by atoms with Crippen LogP contribution >= 0.6 is 0 Å². The SMILES string of the molecule is CC(=O)Nc1ccc(S(=O)(=O)N2CCC(NC(=O)CCc3ncc(-c4ccccc4)o3)CC2)cc1. The highest BCUT2D eigenvalue weighted by molar-refractivity contribution is 7.89. The van der Waals surface area contributed by atoms with Crippen LogP contribution in [-0.4, -0.2) is 48.7 Å². The summed E-state index contributed by atoms with van der Waals surface area (Å²) in [4.78, 5) is 28.0. The van der Waals surface area contributed by atoms with E-state index in [0.717, 1.165) is 5.56 Å². The second kappa shape index (κ2) is 10.8. The molecule has 0 radical (unpaired) electrons. The number of hydrogen-bond donors (Lipinski definition) is 2. The summed E-state index contributed by atoms with van der Waals surface area (Å²) in [5, 5.41) is 5.61. The van der Waals surface area contributed by atoms with Crippen molar-refractivity contribution in [2.75, 3.05) is 18.4 Å². The number of aromatic nitrogens is 1. The molecule has 35 heavy (non-hydrogen) atoms. The van der Waals surface area contributed by atoms with Gasteiger partial charge in [-0.2, -0.15) is 4.31 Å². The van der Waals surface area contributed by atoms with Crippen LogP contribution < -0.4 is 10.6 Å². The zero-order valence-corrected chi connectivity index (χ0v) is 20.3. The number of nitrogens with zero attached hydrogens (tertiary/aromatic N) is 2. The Morgan fingerprint density at radius 1 is 1.06 bits per heavy atom. The lowest BCUT2D eigenvalue weighted by Crippen LogP contribution is -2.46. The van der Waals surface area contributed by atoms with Gasteiger partial charge in [0, 0.05) is 50.1 Å². The van der Waals surface area contributed by atoms with Crippen molar-refractivity contribution in [3.05, 3.63) is 66.7 Å². The topological polar surface area (TPSA) is 122 Å². The number of piperidine rings is 1. The molecule has 3 aromatic rings. The first-order chi connectivity index (χ1) is 16.8. The Morgan fingerprint density at radius 3 is 2.40 bits per heavy atom. The van der Waals surface area contributed by atoms with Gasteiger partial charge in [-0.05, 0) is 37.1 Å². The third-order valence-corrected chi connectivity index (χ3v) is 7.72. The van der Waals surface area contributed by atoms with Crippen LogP contribution in [0.3, 0.4) is 0 Å². The predicted octanol–water partition coefficient (Wildman–Crippen LogP) is 3.20. The van der Waals surface area contributed by atoms with E-state index < -0.39 is 10.0 Å². The molecule has 1 aromatic heterocycles. The van der Waals surface area contributed by atoms with Gasteiger partial charge in [0.1, 0.15) is 0 Å². The second-order valence-electron chi connectivity index (χ2n) is 8.44. The third kappa shape index (κ3) is 6.34. The number of rotatable bonds is 8. The first-order valence-corrected chi connectivity index (χ1v) is 12.9. The summed E-state index contributed by atoms with van der Waals surface area (Å²) >= 11 is 0. The van der Waals surface area contributed by atoms with Gasteiger partial charge < -0.3 is 15.1 Å². The Balaban J connectivity index is 1.24. The Labute approximate surface area is 204 Å². The Kier molecular flexibility index (Phi) is 7.62. The third-order valence-electron chi connectivity index (χ3n) is 5.81. The molecule has 2 amide bonds. The quantitative estimate of drug-likeness (QED) is 0.494. The smallest absolute Gasteiger partial charge is 0.243 e. The van der Waals surface area contributed by atoms with Crippen LogP contribution in [0, 0.1) is 0 Å². The minimum absolute atomic E-state index is 0.0828. The number of nitrogens with one attached hydrogen (secondary N) is 2. The zero-order chi connectivity index (χ0) is 24.8. The molecule has 2 aromatic carbocycles. The van der Waals surface area contributed by atoms with Crippen molar-refractivity contribution < 1.29 is 22.4 Å². The van der Waals surface area contributed by atoms with Crippen LogP contribution in [0.5, 0.6) is 0 Å². The van der Waals surface area contributed by atoms with Crippen molar-refractivity contribution in [1.29, 1.82) is 0 Å². The van der Waals surface area contributed by atoms with Gasteiger partial charge in [0.25, 0.3) is 0 Å². The van der Waals surface area contributed by atoms with Crippen LogP contribution in [0.1, 0.15) is 32.1 Å². The zero-order valence-electron chi connectivity index (χ0n) is 19.4. The molecule has 0 atom stereocenters. The number of aryl methyl sites for hydroxylation is 1. The summed E-state index contributed by atoms with van der Waals surface area (Å²) < 4.78 is 33.1.